The Morgan fingerprint density at radius 1 is 1.69 bits per heavy atom. The fourth-order valence-electron chi connectivity index (χ4n) is 1.09. The van der Waals surface area contributed by atoms with Crippen LogP contribution in [-0.4, -0.2) is 22.1 Å². The lowest BCUT2D eigenvalue weighted by Crippen LogP contribution is -2.15. The van der Waals surface area contributed by atoms with Gasteiger partial charge in [0.2, 0.25) is 0 Å². The summed E-state index contributed by atoms with van der Waals surface area (Å²) in [6.07, 6.45) is 1.81. The number of rotatable bonds is 4. The Morgan fingerprint density at radius 3 is 2.92 bits per heavy atom. The molecule has 0 saturated carbocycles. The Balaban J connectivity index is 2.69. The molecule has 0 aliphatic heterocycles. The third-order valence-corrected chi connectivity index (χ3v) is 1.66. The molecule has 13 heavy (non-hydrogen) atoms. The van der Waals surface area contributed by atoms with Gasteiger partial charge in [0.15, 0.2) is 5.78 Å². The molecule has 1 aromatic heterocycles. The van der Waals surface area contributed by atoms with Crippen LogP contribution in [0, 0.1) is 5.92 Å². The first-order valence-electron chi connectivity index (χ1n) is 4.40. The maximum Gasteiger partial charge on any atom is 0.196 e. The van der Waals surface area contributed by atoms with Gasteiger partial charge >= 0.3 is 0 Å². The topological polar surface area (TPSA) is 60.9 Å². The number of ketones is 1. The normalized spacial score (nSPS) is 10.8. The van der Waals surface area contributed by atoms with Crippen LogP contribution < -0.4 is 5.73 Å². The van der Waals surface area contributed by atoms with E-state index in [0.717, 1.165) is 6.54 Å². The zero-order valence-corrected chi connectivity index (χ0v) is 8.03. The molecule has 0 saturated heterocycles. The first-order valence-corrected chi connectivity index (χ1v) is 4.40. The highest BCUT2D eigenvalue weighted by atomic mass is 16.1. The van der Waals surface area contributed by atoms with E-state index in [9.17, 15) is 4.79 Å². The van der Waals surface area contributed by atoms with Gasteiger partial charge in [0.1, 0.15) is 5.69 Å². The van der Waals surface area contributed by atoms with Crippen LogP contribution in [0.25, 0.3) is 0 Å². The lowest BCUT2D eigenvalue weighted by molar-refractivity contribution is 0.0995. The van der Waals surface area contributed by atoms with Gasteiger partial charge in [-0.15, -0.1) is 0 Å². The maximum absolute atomic E-state index is 11.1. The predicted octanol–water partition coefficient (Wildman–Crippen LogP) is 0.680. The van der Waals surface area contributed by atoms with Gasteiger partial charge in [0.25, 0.3) is 0 Å². The third kappa shape index (κ3) is 2.66. The molecular formula is C9H15N3O. The fraction of sp³-hybridized carbons (Fsp3) is 0.556. The summed E-state index contributed by atoms with van der Waals surface area (Å²) in [5.74, 6) is 0.420. The minimum atomic E-state index is -0.109. The largest absolute Gasteiger partial charge is 0.324 e. The minimum absolute atomic E-state index is 0.0265. The number of aromatic nitrogens is 2. The Morgan fingerprint density at radius 2 is 2.38 bits per heavy atom. The summed E-state index contributed by atoms with van der Waals surface area (Å²) in [6.45, 7) is 5.06. The van der Waals surface area contributed by atoms with E-state index in [1.165, 1.54) is 0 Å². The van der Waals surface area contributed by atoms with Crippen LogP contribution in [0.3, 0.4) is 0 Å². The van der Waals surface area contributed by atoms with E-state index in [1.807, 2.05) is 6.20 Å². The smallest absolute Gasteiger partial charge is 0.196 e. The minimum Gasteiger partial charge on any atom is -0.324 e. The molecule has 0 aromatic carbocycles. The summed E-state index contributed by atoms with van der Waals surface area (Å²) >= 11 is 0. The summed E-state index contributed by atoms with van der Waals surface area (Å²) in [4.78, 5) is 11.1. The summed E-state index contributed by atoms with van der Waals surface area (Å²) in [5.41, 5.74) is 5.68. The molecule has 2 N–H and O–H groups in total. The van der Waals surface area contributed by atoms with Crippen LogP contribution in [0.15, 0.2) is 12.3 Å². The molecule has 4 nitrogen and oxygen atoms in total. The Bertz CT molecular complexity index is 291. The highest BCUT2D eigenvalue weighted by Crippen LogP contribution is 2.00. The Hall–Kier alpha value is -1.16. The molecular weight excluding hydrogens is 166 g/mol. The van der Waals surface area contributed by atoms with Crippen molar-refractivity contribution >= 4 is 5.78 Å². The number of carbonyl (C=O) groups excluding carboxylic acids is 1. The molecule has 1 rings (SSSR count). The van der Waals surface area contributed by atoms with Crippen molar-refractivity contribution in [3.8, 4) is 0 Å². The van der Waals surface area contributed by atoms with Crippen molar-refractivity contribution in [2.24, 2.45) is 11.7 Å². The van der Waals surface area contributed by atoms with Crippen molar-refractivity contribution < 1.29 is 4.79 Å². The van der Waals surface area contributed by atoms with E-state index in [4.69, 9.17) is 5.73 Å². The number of nitrogens with two attached hydrogens (primary N) is 1. The van der Waals surface area contributed by atoms with Crippen molar-refractivity contribution in [3.63, 3.8) is 0 Å². The molecule has 4 heteroatoms. The molecule has 0 aliphatic rings. The van der Waals surface area contributed by atoms with Crippen LogP contribution in [0.1, 0.15) is 24.3 Å². The Labute approximate surface area is 77.7 Å². The molecule has 0 bridgehead atoms. The van der Waals surface area contributed by atoms with Crippen LogP contribution >= 0.6 is 0 Å². The maximum atomic E-state index is 11.1. The molecule has 72 valence electrons. The van der Waals surface area contributed by atoms with Crippen molar-refractivity contribution in [1.29, 1.82) is 0 Å². The van der Waals surface area contributed by atoms with Gasteiger partial charge in [-0.05, 0) is 12.0 Å². The van der Waals surface area contributed by atoms with Gasteiger partial charge in [-0.25, -0.2) is 0 Å². The van der Waals surface area contributed by atoms with Crippen molar-refractivity contribution in [1.82, 2.24) is 9.78 Å². The first kappa shape index (κ1) is 9.92. The van der Waals surface area contributed by atoms with Gasteiger partial charge < -0.3 is 5.73 Å². The number of Topliss-reactive ketones (excluding diaryl/α,β-unsaturated/α-hetero) is 1. The average Bonchev–Trinajstić information content (AvgIpc) is 2.50. The van der Waals surface area contributed by atoms with Crippen LogP contribution in [0.5, 0.6) is 0 Å². The Kier molecular flexibility index (Phi) is 3.19. The molecule has 0 amide bonds. The highest BCUT2D eigenvalue weighted by molar-refractivity contribution is 5.95. The molecule has 1 heterocycles. The van der Waals surface area contributed by atoms with Crippen molar-refractivity contribution in [2.75, 3.05) is 6.54 Å². The zero-order chi connectivity index (χ0) is 9.84. The predicted molar refractivity (Wildman–Crippen MR) is 50.4 cm³/mol. The van der Waals surface area contributed by atoms with E-state index in [2.05, 4.69) is 18.9 Å². The van der Waals surface area contributed by atoms with Crippen LogP contribution in [0.4, 0.5) is 0 Å². The van der Waals surface area contributed by atoms with Gasteiger partial charge in [0.05, 0.1) is 6.54 Å². The molecule has 0 spiro atoms. The molecule has 0 atom stereocenters. The number of nitrogens with zero attached hydrogens (tertiary/aromatic N) is 2. The highest BCUT2D eigenvalue weighted by Gasteiger charge is 2.07. The fourth-order valence-corrected chi connectivity index (χ4v) is 1.09. The quantitative estimate of drug-likeness (QED) is 0.695. The van der Waals surface area contributed by atoms with E-state index in [0.29, 0.717) is 11.6 Å². The van der Waals surface area contributed by atoms with Gasteiger partial charge in [0, 0.05) is 12.7 Å². The summed E-state index contributed by atoms with van der Waals surface area (Å²) in [5, 5.41) is 4.11. The van der Waals surface area contributed by atoms with Crippen molar-refractivity contribution in [2.45, 2.75) is 20.4 Å². The van der Waals surface area contributed by atoms with Crippen LogP contribution in [0.2, 0.25) is 0 Å². The number of carbonyl (C=O) groups is 1. The molecule has 0 radical (unpaired) electrons. The first-order chi connectivity index (χ1) is 6.13. The van der Waals surface area contributed by atoms with Crippen LogP contribution in [-0.2, 0) is 6.54 Å². The number of hydrogen-bond acceptors (Lipinski definition) is 3. The molecule has 0 unspecified atom stereocenters. The van der Waals surface area contributed by atoms with Gasteiger partial charge in [-0.1, -0.05) is 13.8 Å². The molecule has 1 aromatic rings. The zero-order valence-electron chi connectivity index (χ0n) is 8.03. The summed E-state index contributed by atoms with van der Waals surface area (Å²) < 4.78 is 1.77. The summed E-state index contributed by atoms with van der Waals surface area (Å²) in [6, 6.07) is 1.71. The lowest BCUT2D eigenvalue weighted by Gasteiger charge is -2.03. The lowest BCUT2D eigenvalue weighted by atomic mass is 10.2. The van der Waals surface area contributed by atoms with Crippen molar-refractivity contribution in [3.05, 3.63) is 18.0 Å². The summed E-state index contributed by atoms with van der Waals surface area (Å²) in [7, 11) is 0. The second-order valence-corrected chi connectivity index (χ2v) is 3.44. The SMILES string of the molecule is CC(C)Cn1ccc(C(=O)CN)n1. The van der Waals surface area contributed by atoms with E-state index < -0.39 is 0 Å². The third-order valence-electron chi connectivity index (χ3n) is 1.66. The standard InChI is InChI=1S/C9H15N3O/c1-7(2)6-12-4-3-8(11-12)9(13)5-10/h3-4,7H,5-6,10H2,1-2H3. The molecule has 0 fully saturated rings. The van der Waals surface area contributed by atoms with Gasteiger partial charge in [-0.2, -0.15) is 5.10 Å². The molecule has 0 aliphatic carbocycles. The average molecular weight is 181 g/mol. The van der Waals surface area contributed by atoms with E-state index >= 15 is 0 Å². The second kappa shape index (κ2) is 4.18. The van der Waals surface area contributed by atoms with Gasteiger partial charge in [-0.3, -0.25) is 9.48 Å². The number of hydrogen-bond donors (Lipinski definition) is 1. The second-order valence-electron chi connectivity index (χ2n) is 3.44. The van der Waals surface area contributed by atoms with E-state index in [1.54, 1.807) is 10.7 Å². The monoisotopic (exact) mass is 181 g/mol. The van der Waals surface area contributed by atoms with E-state index in [-0.39, 0.29) is 12.3 Å².